The number of hydrogen-bond donors (Lipinski definition) is 0. The third kappa shape index (κ3) is 5.25. The van der Waals surface area contributed by atoms with Crippen LogP contribution in [0.1, 0.15) is 111 Å². The van der Waals surface area contributed by atoms with E-state index in [0.717, 1.165) is 75.3 Å². The lowest BCUT2D eigenvalue weighted by molar-refractivity contribution is 0.465. The van der Waals surface area contributed by atoms with Crippen LogP contribution in [0, 0.1) is 0 Å². The zero-order valence-electron chi connectivity index (χ0n) is 24.3. The Kier molecular flexibility index (Phi) is 7.51. The predicted molar refractivity (Wildman–Crippen MR) is 167 cm³/mol. The molecule has 4 aromatic carbocycles. The average molecular weight is 618 g/mol. The highest BCUT2D eigenvalue weighted by Crippen LogP contribution is 2.48. The number of benzene rings is 4. The Balaban J connectivity index is 1.47. The van der Waals surface area contributed by atoms with Crippen molar-refractivity contribution in [2.75, 3.05) is 0 Å². The van der Waals surface area contributed by atoms with Gasteiger partial charge in [0, 0.05) is 21.5 Å². The molecule has 7 rings (SSSR count). The van der Waals surface area contributed by atoms with Crippen molar-refractivity contribution in [2.24, 2.45) is 0 Å². The molecule has 0 unspecified atom stereocenters. The van der Waals surface area contributed by atoms with Crippen LogP contribution in [-0.4, -0.2) is 21.4 Å². The van der Waals surface area contributed by atoms with Gasteiger partial charge in [-0.1, -0.05) is 99.2 Å². The van der Waals surface area contributed by atoms with Gasteiger partial charge >= 0.3 is 10.1 Å². The highest BCUT2D eigenvalue weighted by Gasteiger charge is 2.36. The molecule has 0 radical (unpaired) electrons. The van der Waals surface area contributed by atoms with Gasteiger partial charge < -0.3 is 8.74 Å². The van der Waals surface area contributed by atoms with E-state index in [0.29, 0.717) is 10.8 Å². The van der Waals surface area contributed by atoms with E-state index >= 15 is 0 Å². The second-order valence-electron chi connectivity index (χ2n) is 12.7. The summed E-state index contributed by atoms with van der Waals surface area (Å²) in [6.45, 7) is 0. The molecule has 0 amide bonds. The minimum absolute atomic E-state index is 0.0632. The maximum atomic E-state index is 14.8. The lowest BCUT2D eigenvalue weighted by Gasteiger charge is -2.26. The van der Waals surface area contributed by atoms with Crippen molar-refractivity contribution in [2.45, 2.75) is 105 Å². The largest absolute Gasteiger partial charge is 0.744 e. The zero-order valence-corrected chi connectivity index (χ0v) is 25.9. The average Bonchev–Trinajstić information content (AvgIpc) is 3.80. The zero-order chi connectivity index (χ0) is 29.8. The fourth-order valence-corrected chi connectivity index (χ4v) is 10.5. The first-order chi connectivity index (χ1) is 20.7. The summed E-state index contributed by atoms with van der Waals surface area (Å²) < 4.78 is 73.2. The summed E-state index contributed by atoms with van der Waals surface area (Å²) in [5, 5.41) is 0.883. The maximum Gasteiger partial charge on any atom is 0.339 e. The Morgan fingerprint density at radius 1 is 0.558 bits per heavy atom. The second-order valence-corrected chi connectivity index (χ2v) is 15.5. The topological polar surface area (TPSA) is 101 Å². The van der Waals surface area contributed by atoms with Crippen LogP contribution in [-0.2, 0) is 20.2 Å². The van der Waals surface area contributed by atoms with Crippen LogP contribution in [0.3, 0.4) is 0 Å². The highest BCUT2D eigenvalue weighted by molar-refractivity contribution is 7.87. The Morgan fingerprint density at radius 3 is 1.37 bits per heavy atom. The van der Waals surface area contributed by atoms with Crippen LogP contribution in [0.2, 0.25) is 0 Å². The third-order valence-electron chi connectivity index (χ3n) is 10.1. The molecule has 6 nitrogen and oxygen atoms in total. The first-order valence-electron chi connectivity index (χ1n) is 15.7. The van der Waals surface area contributed by atoms with Crippen molar-refractivity contribution in [3.63, 3.8) is 0 Å². The monoisotopic (exact) mass is 617 g/mol. The molecule has 0 saturated heterocycles. The normalized spacial score (nSPS) is 19.2. The van der Waals surface area contributed by atoms with E-state index in [1.54, 1.807) is 36.4 Å². The smallest absolute Gasteiger partial charge is 0.339 e. The SMILES string of the molecule is O=S(=O)([O-])c1c2ccccc2c(OS(=O)(=O)c2c(C3CCCC3)cc(C3CCCC3)cc2C2CCCC2)c2ccccc12. The second kappa shape index (κ2) is 11.2. The molecule has 43 heavy (non-hydrogen) atoms. The lowest BCUT2D eigenvalue weighted by atomic mass is 9.85. The quantitative estimate of drug-likeness (QED) is 0.117. The van der Waals surface area contributed by atoms with Crippen molar-refractivity contribution >= 4 is 41.8 Å². The standard InChI is InChI=1S/C35H38O6S2/c36-42(37,38)34-29-19-9-7-17-27(29)33(28-18-8-10-20-30(28)34)41-43(39,40)35-31(24-13-3-4-14-24)21-26(23-11-1-2-12-23)22-32(35)25-15-5-6-16-25/h7-10,17-25H,1-6,11-16H2,(H,36,37,38)/p-1. The van der Waals surface area contributed by atoms with Crippen molar-refractivity contribution in [3.8, 4) is 5.75 Å². The molecule has 0 aliphatic heterocycles. The summed E-state index contributed by atoms with van der Waals surface area (Å²) >= 11 is 0. The van der Waals surface area contributed by atoms with E-state index in [2.05, 4.69) is 12.1 Å². The fraction of sp³-hybridized carbons (Fsp3) is 0.429. The third-order valence-corrected chi connectivity index (χ3v) is 12.4. The molecule has 3 saturated carbocycles. The van der Waals surface area contributed by atoms with Gasteiger partial charge in [0.2, 0.25) is 0 Å². The van der Waals surface area contributed by atoms with Crippen molar-refractivity contribution in [1.82, 2.24) is 0 Å². The molecule has 8 heteroatoms. The van der Waals surface area contributed by atoms with Crippen LogP contribution < -0.4 is 4.18 Å². The molecule has 0 spiro atoms. The molecular formula is C35H37O6S2-. The van der Waals surface area contributed by atoms with Gasteiger partial charge in [0.1, 0.15) is 15.0 Å². The van der Waals surface area contributed by atoms with E-state index in [9.17, 15) is 21.4 Å². The van der Waals surface area contributed by atoms with Crippen molar-refractivity contribution < 1.29 is 25.6 Å². The molecule has 226 valence electrons. The van der Waals surface area contributed by atoms with Crippen LogP contribution >= 0.6 is 0 Å². The van der Waals surface area contributed by atoms with Crippen molar-refractivity contribution in [1.29, 1.82) is 0 Å². The van der Waals surface area contributed by atoms with Gasteiger partial charge in [-0.15, -0.1) is 0 Å². The van der Waals surface area contributed by atoms with E-state index in [4.69, 9.17) is 4.18 Å². The van der Waals surface area contributed by atoms with Gasteiger partial charge in [-0.2, -0.15) is 8.42 Å². The van der Waals surface area contributed by atoms with Gasteiger partial charge in [0.25, 0.3) is 0 Å². The van der Waals surface area contributed by atoms with Gasteiger partial charge in [-0.3, -0.25) is 0 Å². The van der Waals surface area contributed by atoms with Gasteiger partial charge in [0.05, 0.1) is 4.90 Å². The van der Waals surface area contributed by atoms with E-state index in [-0.39, 0.29) is 44.0 Å². The first kappa shape index (κ1) is 28.8. The molecule has 0 atom stereocenters. The minimum Gasteiger partial charge on any atom is -0.744 e. The summed E-state index contributed by atoms with van der Waals surface area (Å²) in [5.41, 5.74) is 3.08. The highest BCUT2D eigenvalue weighted by atomic mass is 32.2. The first-order valence-corrected chi connectivity index (χ1v) is 18.6. The van der Waals surface area contributed by atoms with Gasteiger partial charge in [-0.25, -0.2) is 8.42 Å². The summed E-state index contributed by atoms with van der Waals surface area (Å²) in [4.78, 5) is -0.0376. The van der Waals surface area contributed by atoms with E-state index in [1.807, 2.05) is 0 Å². The van der Waals surface area contributed by atoms with Crippen LogP contribution in [0.25, 0.3) is 21.5 Å². The summed E-state index contributed by atoms with van der Waals surface area (Å²) in [6.07, 6.45) is 12.9. The molecule has 0 heterocycles. The Hall–Kier alpha value is -2.94. The van der Waals surface area contributed by atoms with Crippen molar-refractivity contribution in [3.05, 3.63) is 77.4 Å². The Bertz CT molecular complexity index is 1820. The van der Waals surface area contributed by atoms with Crippen LogP contribution in [0.15, 0.2) is 70.5 Å². The Morgan fingerprint density at radius 2 is 0.953 bits per heavy atom. The van der Waals surface area contributed by atoms with Crippen LogP contribution in [0.4, 0.5) is 0 Å². The molecule has 4 aromatic rings. The van der Waals surface area contributed by atoms with Crippen LogP contribution in [0.5, 0.6) is 5.75 Å². The lowest BCUT2D eigenvalue weighted by Crippen LogP contribution is -2.19. The predicted octanol–water partition coefficient (Wildman–Crippen LogP) is 8.64. The maximum absolute atomic E-state index is 14.8. The summed E-state index contributed by atoms with van der Waals surface area (Å²) in [6, 6.07) is 17.4. The van der Waals surface area contributed by atoms with Gasteiger partial charge in [0.15, 0.2) is 5.75 Å². The summed E-state index contributed by atoms with van der Waals surface area (Å²) in [7, 11) is -9.22. The van der Waals surface area contributed by atoms with E-state index in [1.165, 1.54) is 30.5 Å². The fourth-order valence-electron chi connectivity index (χ4n) is 8.12. The molecule has 3 aliphatic rings. The molecule has 3 aliphatic carbocycles. The Labute approximate surface area is 254 Å². The number of rotatable bonds is 7. The number of fused-ring (bicyclic) bond motifs is 2. The molecule has 0 bridgehead atoms. The molecular weight excluding hydrogens is 581 g/mol. The molecule has 0 aromatic heterocycles. The number of hydrogen-bond acceptors (Lipinski definition) is 6. The minimum atomic E-state index is -4.87. The van der Waals surface area contributed by atoms with Gasteiger partial charge in [-0.05, 0) is 73.0 Å². The van der Waals surface area contributed by atoms with E-state index < -0.39 is 20.2 Å². The molecule has 0 N–H and O–H groups in total. The molecule has 3 fully saturated rings. The summed E-state index contributed by atoms with van der Waals surface area (Å²) in [5.74, 6) is 0.855.